The van der Waals surface area contributed by atoms with E-state index in [0.717, 1.165) is 18.7 Å². The van der Waals surface area contributed by atoms with Crippen molar-refractivity contribution in [1.82, 2.24) is 0 Å². The molecule has 1 saturated carbocycles. The number of nitrogen functional groups attached to an aromatic ring is 1. The van der Waals surface area contributed by atoms with E-state index in [1.54, 1.807) is 12.1 Å². The first kappa shape index (κ1) is 12.7. The van der Waals surface area contributed by atoms with Gasteiger partial charge >= 0.3 is 0 Å². The summed E-state index contributed by atoms with van der Waals surface area (Å²) in [6.45, 7) is 3.06. The highest BCUT2D eigenvalue weighted by Crippen LogP contribution is 2.43. The molecule has 1 aromatic carbocycles. The third kappa shape index (κ3) is 2.55. The molecule has 3 N–H and O–H groups in total. The summed E-state index contributed by atoms with van der Waals surface area (Å²) in [5.74, 6) is 0. The number of nitrogens with zero attached hydrogens (tertiary/aromatic N) is 1. The van der Waals surface area contributed by atoms with Crippen LogP contribution < -0.4 is 11.1 Å². The summed E-state index contributed by atoms with van der Waals surface area (Å²) in [4.78, 5) is 10.3. The second-order valence-electron chi connectivity index (χ2n) is 5.13. The third-order valence-electron chi connectivity index (χ3n) is 3.98. The van der Waals surface area contributed by atoms with Gasteiger partial charge in [0.15, 0.2) is 0 Å². The van der Waals surface area contributed by atoms with Gasteiger partial charge in [-0.15, -0.1) is 0 Å². The highest BCUT2D eigenvalue weighted by molar-refractivity contribution is 5.61. The fraction of sp³-hybridized carbons (Fsp3) is 0.538. The molecule has 98 valence electrons. The summed E-state index contributed by atoms with van der Waals surface area (Å²) in [6.07, 6.45) is 4.90. The number of nitrogens with one attached hydrogen (secondary N) is 1. The van der Waals surface area contributed by atoms with Crippen LogP contribution in [-0.2, 0) is 0 Å². The molecule has 0 amide bonds. The van der Waals surface area contributed by atoms with Gasteiger partial charge in [-0.25, -0.2) is 0 Å². The van der Waals surface area contributed by atoms with Crippen molar-refractivity contribution < 1.29 is 4.92 Å². The molecule has 5 heteroatoms. The molecule has 0 bridgehead atoms. The van der Waals surface area contributed by atoms with E-state index < -0.39 is 4.92 Å². The van der Waals surface area contributed by atoms with E-state index in [1.165, 1.54) is 25.3 Å². The monoisotopic (exact) mass is 249 g/mol. The zero-order valence-corrected chi connectivity index (χ0v) is 10.6. The number of hydrogen-bond donors (Lipinski definition) is 2. The number of nitro benzene ring substituents is 1. The van der Waals surface area contributed by atoms with Crippen LogP contribution in [0.2, 0.25) is 0 Å². The Balaban J connectivity index is 2.07. The molecule has 1 aliphatic rings. The van der Waals surface area contributed by atoms with Gasteiger partial charge in [-0.3, -0.25) is 10.1 Å². The van der Waals surface area contributed by atoms with Crippen LogP contribution in [0.5, 0.6) is 0 Å². The minimum Gasteiger partial charge on any atom is -0.398 e. The van der Waals surface area contributed by atoms with Crippen molar-refractivity contribution in [1.29, 1.82) is 0 Å². The van der Waals surface area contributed by atoms with Gasteiger partial charge in [0, 0.05) is 30.1 Å². The average molecular weight is 249 g/mol. The van der Waals surface area contributed by atoms with E-state index in [-0.39, 0.29) is 5.69 Å². The fourth-order valence-corrected chi connectivity index (χ4v) is 2.46. The van der Waals surface area contributed by atoms with Gasteiger partial charge in [0.1, 0.15) is 0 Å². The van der Waals surface area contributed by atoms with Crippen molar-refractivity contribution >= 4 is 17.1 Å². The Morgan fingerprint density at radius 2 is 2.17 bits per heavy atom. The summed E-state index contributed by atoms with van der Waals surface area (Å²) >= 11 is 0. The van der Waals surface area contributed by atoms with E-state index in [1.807, 2.05) is 0 Å². The van der Waals surface area contributed by atoms with Gasteiger partial charge in [0.05, 0.1) is 4.92 Å². The van der Waals surface area contributed by atoms with Crippen molar-refractivity contribution in [3.63, 3.8) is 0 Å². The topological polar surface area (TPSA) is 81.2 Å². The lowest BCUT2D eigenvalue weighted by Gasteiger charge is -2.41. The zero-order valence-electron chi connectivity index (χ0n) is 10.6. The van der Waals surface area contributed by atoms with Crippen LogP contribution >= 0.6 is 0 Å². The van der Waals surface area contributed by atoms with E-state index in [2.05, 4.69) is 12.2 Å². The number of anilines is 2. The van der Waals surface area contributed by atoms with Crippen LogP contribution in [0.1, 0.15) is 32.6 Å². The first-order valence-electron chi connectivity index (χ1n) is 6.33. The molecule has 18 heavy (non-hydrogen) atoms. The molecular formula is C13H19N3O2. The summed E-state index contributed by atoms with van der Waals surface area (Å²) in [7, 11) is 0. The molecule has 0 aliphatic heterocycles. The molecule has 1 fully saturated rings. The predicted octanol–water partition coefficient (Wildman–Crippen LogP) is 3.17. The van der Waals surface area contributed by atoms with Gasteiger partial charge in [-0.05, 0) is 30.7 Å². The largest absolute Gasteiger partial charge is 0.398 e. The second kappa shape index (κ2) is 4.84. The molecule has 1 aromatic rings. The van der Waals surface area contributed by atoms with Crippen LogP contribution in [0.4, 0.5) is 17.1 Å². The average Bonchev–Trinajstić information content (AvgIpc) is 2.27. The predicted molar refractivity (Wildman–Crippen MR) is 72.6 cm³/mol. The lowest BCUT2D eigenvalue weighted by Crippen LogP contribution is -2.35. The van der Waals surface area contributed by atoms with Gasteiger partial charge in [0.2, 0.25) is 0 Å². The first-order valence-corrected chi connectivity index (χ1v) is 6.33. The first-order chi connectivity index (χ1) is 8.54. The lowest BCUT2D eigenvalue weighted by molar-refractivity contribution is -0.384. The Morgan fingerprint density at radius 1 is 1.44 bits per heavy atom. The Labute approximate surface area is 107 Å². The number of nitro groups is 1. The van der Waals surface area contributed by atoms with Gasteiger partial charge in [-0.2, -0.15) is 0 Å². The smallest absolute Gasteiger partial charge is 0.273 e. The van der Waals surface area contributed by atoms with Crippen molar-refractivity contribution in [3.8, 4) is 0 Å². The van der Waals surface area contributed by atoms with Crippen LogP contribution in [0, 0.1) is 15.5 Å². The fourth-order valence-electron chi connectivity index (χ4n) is 2.46. The lowest BCUT2D eigenvalue weighted by atomic mass is 9.67. The maximum Gasteiger partial charge on any atom is 0.273 e. The molecule has 0 radical (unpaired) electrons. The number of nitrogens with two attached hydrogens (primary N) is 1. The SMILES string of the molecule is CCC1(CNc2cc(N)cc([N+](=O)[O-])c2)CCC1. The normalized spacial score (nSPS) is 16.9. The van der Waals surface area contributed by atoms with E-state index in [4.69, 9.17) is 5.73 Å². The van der Waals surface area contributed by atoms with Crippen molar-refractivity contribution in [2.45, 2.75) is 32.6 Å². The van der Waals surface area contributed by atoms with Crippen molar-refractivity contribution in [2.24, 2.45) is 5.41 Å². The van der Waals surface area contributed by atoms with Crippen LogP contribution in [0.15, 0.2) is 18.2 Å². The van der Waals surface area contributed by atoms with E-state index >= 15 is 0 Å². The number of benzene rings is 1. The Hall–Kier alpha value is -1.78. The number of rotatable bonds is 5. The zero-order chi connectivity index (χ0) is 13.2. The summed E-state index contributed by atoms with van der Waals surface area (Å²) in [5.41, 5.74) is 7.24. The number of hydrogen-bond acceptors (Lipinski definition) is 4. The molecule has 1 aliphatic carbocycles. The summed E-state index contributed by atoms with van der Waals surface area (Å²) in [5, 5.41) is 14.0. The van der Waals surface area contributed by atoms with Crippen LogP contribution in [-0.4, -0.2) is 11.5 Å². The molecule has 2 rings (SSSR count). The van der Waals surface area contributed by atoms with Crippen molar-refractivity contribution in [2.75, 3.05) is 17.6 Å². The summed E-state index contributed by atoms with van der Waals surface area (Å²) < 4.78 is 0. The minimum absolute atomic E-state index is 0.0386. The maximum absolute atomic E-state index is 10.8. The molecule has 0 saturated heterocycles. The summed E-state index contributed by atoms with van der Waals surface area (Å²) in [6, 6.07) is 4.66. The third-order valence-corrected chi connectivity index (χ3v) is 3.98. The molecule has 0 spiro atoms. The highest BCUT2D eigenvalue weighted by atomic mass is 16.6. The van der Waals surface area contributed by atoms with Crippen molar-refractivity contribution in [3.05, 3.63) is 28.3 Å². The standard InChI is InChI=1S/C13H19N3O2/c1-2-13(4-3-5-13)9-15-11-6-10(14)7-12(8-11)16(17)18/h6-8,15H,2-5,9,14H2,1H3. The molecular weight excluding hydrogens is 230 g/mol. The van der Waals surface area contributed by atoms with E-state index in [9.17, 15) is 10.1 Å². The highest BCUT2D eigenvalue weighted by Gasteiger charge is 2.34. The number of non-ortho nitro benzene ring substituents is 1. The molecule has 5 nitrogen and oxygen atoms in total. The Morgan fingerprint density at radius 3 is 2.67 bits per heavy atom. The maximum atomic E-state index is 10.8. The second-order valence-corrected chi connectivity index (χ2v) is 5.13. The molecule has 0 atom stereocenters. The molecule has 0 unspecified atom stereocenters. The quantitative estimate of drug-likeness (QED) is 0.477. The minimum atomic E-state index is -0.416. The Kier molecular flexibility index (Phi) is 3.41. The van der Waals surface area contributed by atoms with Crippen LogP contribution in [0.3, 0.4) is 0 Å². The van der Waals surface area contributed by atoms with E-state index in [0.29, 0.717) is 11.1 Å². The Bertz CT molecular complexity index is 450. The molecule has 0 aromatic heterocycles. The molecule has 0 heterocycles. The van der Waals surface area contributed by atoms with Crippen LogP contribution in [0.25, 0.3) is 0 Å². The van der Waals surface area contributed by atoms with Gasteiger partial charge in [0.25, 0.3) is 5.69 Å². The van der Waals surface area contributed by atoms with Gasteiger partial charge < -0.3 is 11.1 Å². The van der Waals surface area contributed by atoms with Gasteiger partial charge in [-0.1, -0.05) is 13.3 Å².